The van der Waals surface area contributed by atoms with Gasteiger partial charge in [-0.2, -0.15) is 0 Å². The van der Waals surface area contributed by atoms with Crippen molar-refractivity contribution in [3.05, 3.63) is 46.8 Å². The lowest BCUT2D eigenvalue weighted by atomic mass is 10.1. The van der Waals surface area contributed by atoms with E-state index in [1.807, 2.05) is 54.1 Å². The van der Waals surface area contributed by atoms with Crippen LogP contribution >= 0.6 is 23.1 Å². The number of rotatable bonds is 8. The summed E-state index contributed by atoms with van der Waals surface area (Å²) in [5, 5.41) is 13.9. The van der Waals surface area contributed by atoms with Gasteiger partial charge in [-0.05, 0) is 42.5 Å². The van der Waals surface area contributed by atoms with Crippen molar-refractivity contribution in [1.29, 1.82) is 0 Å². The molecule has 0 saturated carbocycles. The highest BCUT2D eigenvalue weighted by Gasteiger charge is 2.17. The number of nitrogens with one attached hydrogen (secondary N) is 1. The normalized spacial score (nSPS) is 10.8. The molecule has 0 bridgehead atoms. The van der Waals surface area contributed by atoms with E-state index in [1.54, 1.807) is 0 Å². The summed E-state index contributed by atoms with van der Waals surface area (Å²) in [6.07, 6.45) is 0.179. The SMILES string of the molecule is Cc1cccc(NC(=O)CSc2nnc(-c3cccs3)n2CCC(N)=O)c1C. The Morgan fingerprint density at radius 2 is 2.04 bits per heavy atom. The van der Waals surface area contributed by atoms with Gasteiger partial charge in [0.25, 0.3) is 0 Å². The quantitative estimate of drug-likeness (QED) is 0.550. The number of aromatic nitrogens is 3. The highest BCUT2D eigenvalue weighted by atomic mass is 32.2. The van der Waals surface area contributed by atoms with Gasteiger partial charge >= 0.3 is 0 Å². The molecule has 7 nitrogen and oxygen atoms in total. The lowest BCUT2D eigenvalue weighted by molar-refractivity contribution is -0.118. The van der Waals surface area contributed by atoms with Gasteiger partial charge in [-0.25, -0.2) is 0 Å². The van der Waals surface area contributed by atoms with E-state index in [0.717, 1.165) is 21.7 Å². The van der Waals surface area contributed by atoms with Crippen LogP contribution in [0.15, 0.2) is 40.9 Å². The summed E-state index contributed by atoms with van der Waals surface area (Å²) in [6.45, 7) is 4.36. The van der Waals surface area contributed by atoms with Gasteiger partial charge in [0, 0.05) is 18.7 Å². The third-order valence-electron chi connectivity index (χ3n) is 4.25. The topological polar surface area (TPSA) is 103 Å². The maximum atomic E-state index is 12.4. The average Bonchev–Trinajstić information content (AvgIpc) is 3.31. The van der Waals surface area contributed by atoms with Crippen LogP contribution in [0.4, 0.5) is 5.69 Å². The largest absolute Gasteiger partial charge is 0.370 e. The molecular formula is C19H21N5O2S2. The second-order valence-corrected chi connectivity index (χ2v) is 8.13. The van der Waals surface area contributed by atoms with Gasteiger partial charge in [-0.3, -0.25) is 9.59 Å². The number of carbonyl (C=O) groups is 2. The maximum Gasteiger partial charge on any atom is 0.234 e. The molecule has 1 aromatic carbocycles. The van der Waals surface area contributed by atoms with E-state index in [-0.39, 0.29) is 18.1 Å². The van der Waals surface area contributed by atoms with E-state index in [1.165, 1.54) is 23.1 Å². The molecule has 2 aromatic heterocycles. The predicted molar refractivity (Wildman–Crippen MR) is 112 cm³/mol. The Hall–Kier alpha value is -2.65. The van der Waals surface area contributed by atoms with Crippen molar-refractivity contribution in [3.63, 3.8) is 0 Å². The smallest absolute Gasteiger partial charge is 0.234 e. The fraction of sp³-hybridized carbons (Fsp3) is 0.263. The van der Waals surface area contributed by atoms with Crippen molar-refractivity contribution < 1.29 is 9.59 Å². The van der Waals surface area contributed by atoms with Crippen LogP contribution in [0.2, 0.25) is 0 Å². The zero-order valence-electron chi connectivity index (χ0n) is 15.6. The summed E-state index contributed by atoms with van der Waals surface area (Å²) in [5.74, 6) is 0.343. The number of hydrogen-bond donors (Lipinski definition) is 2. The molecule has 146 valence electrons. The van der Waals surface area contributed by atoms with Crippen LogP contribution in [0, 0.1) is 13.8 Å². The summed E-state index contributed by atoms with van der Waals surface area (Å²) < 4.78 is 1.84. The molecule has 0 atom stereocenters. The van der Waals surface area contributed by atoms with Crippen molar-refractivity contribution in [2.45, 2.75) is 32.0 Å². The second kappa shape index (κ2) is 9.03. The van der Waals surface area contributed by atoms with Crippen molar-refractivity contribution in [1.82, 2.24) is 14.8 Å². The Bertz CT molecular complexity index is 982. The minimum atomic E-state index is -0.394. The van der Waals surface area contributed by atoms with Crippen molar-refractivity contribution in [2.75, 3.05) is 11.1 Å². The van der Waals surface area contributed by atoms with Crippen LogP contribution in [-0.4, -0.2) is 32.3 Å². The molecule has 0 aliphatic carbocycles. The maximum absolute atomic E-state index is 12.4. The van der Waals surface area contributed by atoms with Crippen molar-refractivity contribution >= 4 is 40.6 Å². The monoisotopic (exact) mass is 415 g/mol. The van der Waals surface area contributed by atoms with Crippen LogP contribution in [0.25, 0.3) is 10.7 Å². The fourth-order valence-corrected chi connectivity index (χ4v) is 4.09. The summed E-state index contributed by atoms with van der Waals surface area (Å²) >= 11 is 2.82. The molecule has 0 saturated heterocycles. The van der Waals surface area contributed by atoms with Crippen LogP contribution in [0.1, 0.15) is 17.5 Å². The number of hydrogen-bond acceptors (Lipinski definition) is 6. The van der Waals surface area contributed by atoms with E-state index in [4.69, 9.17) is 5.73 Å². The third-order valence-corrected chi connectivity index (χ3v) is 6.08. The molecule has 0 spiro atoms. The summed E-state index contributed by atoms with van der Waals surface area (Å²) in [5.41, 5.74) is 8.28. The first-order valence-electron chi connectivity index (χ1n) is 8.70. The molecule has 3 aromatic rings. The third kappa shape index (κ3) is 4.79. The number of carbonyl (C=O) groups excluding carboxylic acids is 2. The summed E-state index contributed by atoms with van der Waals surface area (Å²) in [7, 11) is 0. The zero-order valence-corrected chi connectivity index (χ0v) is 17.3. The number of primary amides is 1. The molecule has 0 aliphatic rings. The minimum absolute atomic E-state index is 0.124. The van der Waals surface area contributed by atoms with E-state index >= 15 is 0 Å². The first kappa shape index (κ1) is 20.1. The minimum Gasteiger partial charge on any atom is -0.370 e. The van der Waals surface area contributed by atoms with Crippen LogP contribution in [-0.2, 0) is 16.1 Å². The van der Waals surface area contributed by atoms with Gasteiger partial charge in [0.05, 0.1) is 10.6 Å². The van der Waals surface area contributed by atoms with E-state index in [2.05, 4.69) is 15.5 Å². The van der Waals surface area contributed by atoms with Crippen molar-refractivity contribution in [2.24, 2.45) is 5.73 Å². The number of anilines is 1. The number of thioether (sulfide) groups is 1. The van der Waals surface area contributed by atoms with Crippen LogP contribution < -0.4 is 11.1 Å². The van der Waals surface area contributed by atoms with Crippen LogP contribution in [0.3, 0.4) is 0 Å². The number of aryl methyl sites for hydroxylation is 1. The number of benzene rings is 1. The standard InChI is InChI=1S/C19H21N5O2S2/c1-12-5-3-6-14(13(12)2)21-17(26)11-28-19-23-22-18(15-7-4-10-27-15)24(19)9-8-16(20)25/h3-7,10H,8-9,11H2,1-2H3,(H2,20,25)(H,21,26). The highest BCUT2D eigenvalue weighted by molar-refractivity contribution is 7.99. The Kier molecular flexibility index (Phi) is 6.48. The molecule has 0 fully saturated rings. The van der Waals surface area contributed by atoms with Gasteiger partial charge in [0.1, 0.15) is 0 Å². The molecule has 2 amide bonds. The Morgan fingerprint density at radius 3 is 2.75 bits per heavy atom. The lowest BCUT2D eigenvalue weighted by Crippen LogP contribution is -2.17. The number of nitrogens with zero attached hydrogens (tertiary/aromatic N) is 3. The van der Waals surface area contributed by atoms with E-state index in [9.17, 15) is 9.59 Å². The van der Waals surface area contributed by atoms with E-state index < -0.39 is 5.91 Å². The van der Waals surface area contributed by atoms with Gasteiger partial charge in [0.2, 0.25) is 11.8 Å². The number of thiophene rings is 1. The van der Waals surface area contributed by atoms with Gasteiger partial charge in [-0.15, -0.1) is 21.5 Å². The molecule has 0 aliphatic heterocycles. The van der Waals surface area contributed by atoms with E-state index in [0.29, 0.717) is 17.5 Å². The Morgan fingerprint density at radius 1 is 1.21 bits per heavy atom. The summed E-state index contributed by atoms with van der Waals surface area (Å²) in [4.78, 5) is 24.6. The molecule has 0 unspecified atom stereocenters. The lowest BCUT2D eigenvalue weighted by Gasteiger charge is -2.11. The predicted octanol–water partition coefficient (Wildman–Crippen LogP) is 3.23. The molecule has 0 radical (unpaired) electrons. The van der Waals surface area contributed by atoms with Gasteiger partial charge in [0.15, 0.2) is 11.0 Å². The van der Waals surface area contributed by atoms with Gasteiger partial charge < -0.3 is 15.6 Å². The number of amides is 2. The first-order valence-corrected chi connectivity index (χ1v) is 10.6. The first-order chi connectivity index (χ1) is 13.5. The zero-order chi connectivity index (χ0) is 20.1. The van der Waals surface area contributed by atoms with Crippen molar-refractivity contribution in [3.8, 4) is 10.7 Å². The number of nitrogens with two attached hydrogens (primary N) is 1. The fourth-order valence-electron chi connectivity index (χ4n) is 2.61. The molecule has 9 heteroatoms. The average molecular weight is 416 g/mol. The van der Waals surface area contributed by atoms with Gasteiger partial charge in [-0.1, -0.05) is 30.0 Å². The molecule has 2 heterocycles. The molecular weight excluding hydrogens is 394 g/mol. The molecule has 3 rings (SSSR count). The summed E-state index contributed by atoms with van der Waals surface area (Å²) in [6, 6.07) is 9.68. The van der Waals surface area contributed by atoms with Crippen LogP contribution in [0.5, 0.6) is 0 Å². The molecule has 28 heavy (non-hydrogen) atoms. The second-order valence-electron chi connectivity index (χ2n) is 6.24. The highest BCUT2D eigenvalue weighted by Crippen LogP contribution is 2.27. The molecule has 3 N–H and O–H groups in total. The Labute approximate surface area is 171 Å². The Balaban J connectivity index is 1.72.